The van der Waals surface area contributed by atoms with Gasteiger partial charge in [-0.1, -0.05) is 24.4 Å². The van der Waals surface area contributed by atoms with Gasteiger partial charge in [0.1, 0.15) is 5.76 Å². The predicted molar refractivity (Wildman–Crippen MR) is 75.4 cm³/mol. The molecule has 0 fully saturated rings. The van der Waals surface area contributed by atoms with E-state index in [1.165, 1.54) is 0 Å². The highest BCUT2D eigenvalue weighted by Crippen LogP contribution is 2.25. The molecule has 0 spiro atoms. The molecule has 4 heteroatoms. The molecule has 1 aromatic heterocycles. The molecule has 0 amide bonds. The summed E-state index contributed by atoms with van der Waals surface area (Å²) in [6.07, 6.45) is 6.87. The summed E-state index contributed by atoms with van der Waals surface area (Å²) in [5.41, 5.74) is 0. The fraction of sp³-hybridized carbons (Fsp3) is 0.400. The van der Waals surface area contributed by atoms with Crippen molar-refractivity contribution in [1.82, 2.24) is 0 Å². The first-order valence-corrected chi connectivity index (χ1v) is 6.90. The first kappa shape index (κ1) is 13.9. The molecule has 0 atom stereocenters. The summed E-state index contributed by atoms with van der Waals surface area (Å²) in [5, 5.41) is 2.94. The Morgan fingerprint density at radius 1 is 1.21 bits per heavy atom. The SMILES string of the molecule is O=COCCCCCCc1occ2cc(Cl)ccc12. The van der Waals surface area contributed by atoms with Crippen LogP contribution in [0.1, 0.15) is 31.4 Å². The Morgan fingerprint density at radius 2 is 2.05 bits per heavy atom. The van der Waals surface area contributed by atoms with Gasteiger partial charge in [-0.3, -0.25) is 4.79 Å². The molecule has 0 aliphatic carbocycles. The van der Waals surface area contributed by atoms with Crippen molar-refractivity contribution in [1.29, 1.82) is 0 Å². The minimum atomic E-state index is 0.500. The first-order valence-electron chi connectivity index (χ1n) is 6.52. The van der Waals surface area contributed by atoms with Crippen molar-refractivity contribution in [3.8, 4) is 0 Å². The van der Waals surface area contributed by atoms with Crippen molar-refractivity contribution in [2.45, 2.75) is 32.1 Å². The number of ether oxygens (including phenoxy) is 1. The van der Waals surface area contributed by atoms with Crippen LogP contribution in [0.5, 0.6) is 0 Å². The van der Waals surface area contributed by atoms with E-state index in [9.17, 15) is 4.79 Å². The molecular formula is C15H17ClO3. The molecule has 0 N–H and O–H groups in total. The number of furan rings is 1. The Kier molecular flexibility index (Phi) is 5.28. The van der Waals surface area contributed by atoms with Crippen molar-refractivity contribution in [2.24, 2.45) is 0 Å². The summed E-state index contributed by atoms with van der Waals surface area (Å²) in [7, 11) is 0. The number of fused-ring (bicyclic) bond motifs is 1. The molecule has 0 unspecified atom stereocenters. The van der Waals surface area contributed by atoms with Gasteiger partial charge in [0.25, 0.3) is 6.47 Å². The van der Waals surface area contributed by atoms with Crippen molar-refractivity contribution in [2.75, 3.05) is 6.61 Å². The van der Waals surface area contributed by atoms with Crippen molar-refractivity contribution < 1.29 is 13.9 Å². The third kappa shape index (κ3) is 4.00. The highest BCUT2D eigenvalue weighted by atomic mass is 35.5. The van der Waals surface area contributed by atoms with Crippen LogP contribution in [0.3, 0.4) is 0 Å². The van der Waals surface area contributed by atoms with Crippen LogP contribution in [0.2, 0.25) is 5.02 Å². The molecule has 102 valence electrons. The van der Waals surface area contributed by atoms with E-state index >= 15 is 0 Å². The number of halogens is 1. The lowest BCUT2D eigenvalue weighted by molar-refractivity contribution is -0.128. The monoisotopic (exact) mass is 280 g/mol. The lowest BCUT2D eigenvalue weighted by atomic mass is 10.1. The van der Waals surface area contributed by atoms with Gasteiger partial charge >= 0.3 is 0 Å². The average Bonchev–Trinajstić information content (AvgIpc) is 2.80. The molecule has 2 rings (SSSR count). The van der Waals surface area contributed by atoms with E-state index in [0.717, 1.165) is 53.7 Å². The van der Waals surface area contributed by atoms with Gasteiger partial charge in [0, 0.05) is 22.2 Å². The molecule has 1 aromatic carbocycles. The fourth-order valence-corrected chi connectivity index (χ4v) is 2.33. The van der Waals surface area contributed by atoms with E-state index in [2.05, 4.69) is 4.74 Å². The van der Waals surface area contributed by atoms with E-state index in [-0.39, 0.29) is 0 Å². The summed E-state index contributed by atoms with van der Waals surface area (Å²) in [4.78, 5) is 9.95. The van der Waals surface area contributed by atoms with E-state index in [1.807, 2.05) is 18.2 Å². The lowest BCUT2D eigenvalue weighted by Crippen LogP contribution is -1.92. The molecular weight excluding hydrogens is 264 g/mol. The zero-order valence-electron chi connectivity index (χ0n) is 10.7. The van der Waals surface area contributed by atoms with Gasteiger partial charge in [-0.05, 0) is 31.0 Å². The summed E-state index contributed by atoms with van der Waals surface area (Å²) >= 11 is 5.94. The molecule has 2 aromatic rings. The van der Waals surface area contributed by atoms with E-state index < -0.39 is 0 Å². The third-order valence-corrected chi connectivity index (χ3v) is 3.36. The maximum atomic E-state index is 9.95. The van der Waals surface area contributed by atoms with Gasteiger partial charge in [0.05, 0.1) is 12.9 Å². The number of carbonyl (C=O) groups is 1. The number of benzene rings is 1. The zero-order valence-corrected chi connectivity index (χ0v) is 11.5. The van der Waals surface area contributed by atoms with Gasteiger partial charge < -0.3 is 9.15 Å². The topological polar surface area (TPSA) is 39.4 Å². The largest absolute Gasteiger partial charge is 0.468 e. The van der Waals surface area contributed by atoms with E-state index in [0.29, 0.717) is 13.1 Å². The van der Waals surface area contributed by atoms with Crippen LogP contribution in [0.15, 0.2) is 28.9 Å². The van der Waals surface area contributed by atoms with Crippen LogP contribution in [0, 0.1) is 0 Å². The first-order chi connectivity index (χ1) is 9.31. The molecule has 3 nitrogen and oxygen atoms in total. The second-order valence-corrected chi connectivity index (χ2v) is 4.96. The minimum Gasteiger partial charge on any atom is -0.468 e. The molecule has 0 aliphatic heterocycles. The van der Waals surface area contributed by atoms with Gasteiger partial charge in [0.15, 0.2) is 0 Å². The molecule has 0 radical (unpaired) electrons. The van der Waals surface area contributed by atoms with Crippen molar-refractivity contribution >= 4 is 28.8 Å². The Labute approximate surface area is 117 Å². The summed E-state index contributed by atoms with van der Waals surface area (Å²) in [5.74, 6) is 1.02. The van der Waals surface area contributed by atoms with Crippen LogP contribution in [-0.4, -0.2) is 13.1 Å². The molecule has 0 bridgehead atoms. The average molecular weight is 281 g/mol. The fourth-order valence-electron chi connectivity index (χ4n) is 2.15. The highest BCUT2D eigenvalue weighted by Gasteiger charge is 2.06. The molecule has 1 heterocycles. The van der Waals surface area contributed by atoms with Gasteiger partial charge in [-0.25, -0.2) is 0 Å². The number of unbranched alkanes of at least 4 members (excludes halogenated alkanes) is 3. The number of carbonyl (C=O) groups excluding carboxylic acids is 1. The molecule has 0 aliphatic rings. The quantitative estimate of drug-likeness (QED) is 0.533. The van der Waals surface area contributed by atoms with E-state index in [1.54, 1.807) is 6.26 Å². The normalized spacial score (nSPS) is 10.8. The maximum absolute atomic E-state index is 9.95. The Balaban J connectivity index is 1.77. The standard InChI is InChI=1S/C15H17ClO3/c16-13-6-7-14-12(9-13)10-19-15(14)5-3-1-2-4-8-18-11-17/h6-7,9-11H,1-5,8H2. The van der Waals surface area contributed by atoms with E-state index in [4.69, 9.17) is 16.0 Å². The summed E-state index contributed by atoms with van der Waals surface area (Å²) in [6.45, 7) is 1.02. The lowest BCUT2D eigenvalue weighted by Gasteiger charge is -2.00. The van der Waals surface area contributed by atoms with Crippen LogP contribution in [0.25, 0.3) is 10.8 Å². The highest BCUT2D eigenvalue weighted by molar-refractivity contribution is 6.31. The molecule has 19 heavy (non-hydrogen) atoms. The second kappa shape index (κ2) is 7.19. The maximum Gasteiger partial charge on any atom is 0.293 e. The van der Waals surface area contributed by atoms with Crippen LogP contribution < -0.4 is 0 Å². The minimum absolute atomic E-state index is 0.500. The zero-order chi connectivity index (χ0) is 13.5. The second-order valence-electron chi connectivity index (χ2n) is 4.52. The van der Waals surface area contributed by atoms with Crippen molar-refractivity contribution in [3.05, 3.63) is 35.2 Å². The van der Waals surface area contributed by atoms with Gasteiger partial charge in [-0.15, -0.1) is 0 Å². The summed E-state index contributed by atoms with van der Waals surface area (Å²) in [6, 6.07) is 5.81. The smallest absolute Gasteiger partial charge is 0.293 e. The summed E-state index contributed by atoms with van der Waals surface area (Å²) < 4.78 is 10.2. The Morgan fingerprint density at radius 3 is 2.89 bits per heavy atom. The Bertz CT molecular complexity index is 533. The number of hydrogen-bond acceptors (Lipinski definition) is 3. The number of aryl methyl sites for hydroxylation is 1. The van der Waals surface area contributed by atoms with Crippen LogP contribution in [-0.2, 0) is 16.0 Å². The number of rotatable bonds is 8. The van der Waals surface area contributed by atoms with Crippen LogP contribution >= 0.6 is 11.6 Å². The Hall–Kier alpha value is -1.48. The molecule has 0 saturated carbocycles. The van der Waals surface area contributed by atoms with Gasteiger partial charge in [-0.2, -0.15) is 0 Å². The van der Waals surface area contributed by atoms with Crippen LogP contribution in [0.4, 0.5) is 0 Å². The van der Waals surface area contributed by atoms with Gasteiger partial charge in [0.2, 0.25) is 0 Å². The number of hydrogen-bond donors (Lipinski definition) is 0. The third-order valence-electron chi connectivity index (χ3n) is 3.13. The predicted octanol–water partition coefficient (Wildman–Crippen LogP) is 4.36. The van der Waals surface area contributed by atoms with Crippen molar-refractivity contribution in [3.63, 3.8) is 0 Å². The molecule has 0 saturated heterocycles.